The minimum absolute atomic E-state index is 0.0992. The number of aromatic nitrogens is 2. The monoisotopic (exact) mass is 419 g/mol. The fraction of sp³-hybridized carbons (Fsp3) is 0.316. The maximum Gasteiger partial charge on any atom is 0.262 e. The number of nitrogens with one attached hydrogen (secondary N) is 1. The van der Waals surface area contributed by atoms with Gasteiger partial charge in [0, 0.05) is 7.05 Å². The highest BCUT2D eigenvalue weighted by Gasteiger charge is 2.11. The Morgan fingerprint density at radius 3 is 2.64 bits per heavy atom. The number of carbonyl (C=O) groups excluding carboxylic acids is 1. The zero-order chi connectivity index (χ0) is 19.9. The first-order valence-corrected chi connectivity index (χ1v) is 10.6. The Bertz CT molecular complexity index is 999. The van der Waals surface area contributed by atoms with E-state index in [1.165, 1.54) is 27.7 Å². The van der Waals surface area contributed by atoms with Crippen molar-refractivity contribution >= 4 is 39.2 Å². The maximum atomic E-state index is 12.2. The van der Waals surface area contributed by atoms with Crippen LogP contribution in [0.25, 0.3) is 10.2 Å². The molecule has 0 aliphatic carbocycles. The highest BCUT2D eigenvalue weighted by Crippen LogP contribution is 2.20. The Labute approximate surface area is 170 Å². The van der Waals surface area contributed by atoms with Crippen LogP contribution in [0.3, 0.4) is 0 Å². The predicted octanol–water partition coefficient (Wildman–Crippen LogP) is 2.68. The molecule has 3 aromatic rings. The molecular formula is C19H21N3O4S2. The number of thiophene rings is 1. The van der Waals surface area contributed by atoms with Gasteiger partial charge in [-0.15, -0.1) is 11.3 Å². The normalized spacial score (nSPS) is 10.8. The summed E-state index contributed by atoms with van der Waals surface area (Å²) in [5, 5.41) is 5.77. The highest BCUT2D eigenvalue weighted by molar-refractivity contribution is 7.99. The van der Waals surface area contributed by atoms with E-state index in [9.17, 15) is 9.59 Å². The lowest BCUT2D eigenvalue weighted by Crippen LogP contribution is -2.30. The molecule has 0 atom stereocenters. The van der Waals surface area contributed by atoms with Gasteiger partial charge in [-0.3, -0.25) is 14.2 Å². The van der Waals surface area contributed by atoms with Gasteiger partial charge in [-0.1, -0.05) is 11.8 Å². The molecule has 0 bridgehead atoms. The second-order valence-electron chi connectivity index (χ2n) is 5.79. The average Bonchev–Trinajstić information content (AvgIpc) is 3.17. The van der Waals surface area contributed by atoms with Crippen LogP contribution in [0.5, 0.6) is 11.5 Å². The molecule has 148 valence electrons. The molecule has 2 heterocycles. The molecule has 0 spiro atoms. The Morgan fingerprint density at radius 2 is 1.93 bits per heavy atom. The standard InChI is InChI=1S/C19H21N3O4S2/c1-3-25-13-4-6-14(7-5-13)26-10-9-20-16(23)12-28-19-21-17-15(8-11-27-17)18(24)22(19)2/h4-8,11H,3,9-10,12H2,1-2H3,(H,20,23). The molecule has 0 aliphatic rings. The van der Waals surface area contributed by atoms with Gasteiger partial charge in [0.1, 0.15) is 22.9 Å². The first-order chi connectivity index (χ1) is 13.6. The number of fused-ring (bicyclic) bond motifs is 1. The average molecular weight is 420 g/mol. The van der Waals surface area contributed by atoms with E-state index < -0.39 is 0 Å². The molecule has 0 saturated heterocycles. The maximum absolute atomic E-state index is 12.2. The van der Waals surface area contributed by atoms with E-state index >= 15 is 0 Å². The smallest absolute Gasteiger partial charge is 0.262 e. The van der Waals surface area contributed by atoms with Crippen molar-refractivity contribution in [2.24, 2.45) is 7.05 Å². The van der Waals surface area contributed by atoms with Crippen molar-refractivity contribution in [1.82, 2.24) is 14.9 Å². The van der Waals surface area contributed by atoms with Crippen LogP contribution in [0, 0.1) is 0 Å². The quantitative estimate of drug-likeness (QED) is 0.326. The third-order valence-corrected chi connectivity index (χ3v) is 5.66. The van der Waals surface area contributed by atoms with E-state index in [4.69, 9.17) is 9.47 Å². The van der Waals surface area contributed by atoms with Gasteiger partial charge in [0.2, 0.25) is 5.91 Å². The Hall–Kier alpha value is -2.52. The summed E-state index contributed by atoms with van der Waals surface area (Å²) in [5.74, 6) is 1.56. The number of thioether (sulfide) groups is 1. The minimum Gasteiger partial charge on any atom is -0.494 e. The van der Waals surface area contributed by atoms with Gasteiger partial charge in [0.05, 0.1) is 24.3 Å². The topological polar surface area (TPSA) is 82.5 Å². The number of nitrogens with zero attached hydrogens (tertiary/aromatic N) is 2. The summed E-state index contributed by atoms with van der Waals surface area (Å²) in [6.45, 7) is 3.31. The van der Waals surface area contributed by atoms with Gasteiger partial charge in [0.15, 0.2) is 5.16 Å². The molecule has 3 rings (SSSR count). The van der Waals surface area contributed by atoms with E-state index in [2.05, 4.69) is 10.3 Å². The van der Waals surface area contributed by atoms with Crippen LogP contribution in [-0.4, -0.2) is 41.0 Å². The molecule has 0 radical (unpaired) electrons. The fourth-order valence-corrected chi connectivity index (χ4v) is 4.06. The number of amides is 1. The molecule has 0 aliphatic heterocycles. The molecule has 0 saturated carbocycles. The van der Waals surface area contributed by atoms with Gasteiger partial charge in [-0.2, -0.15) is 0 Å². The third-order valence-electron chi connectivity index (χ3n) is 3.82. The predicted molar refractivity (Wildman–Crippen MR) is 112 cm³/mol. The zero-order valence-corrected chi connectivity index (χ0v) is 17.3. The number of carbonyl (C=O) groups is 1. The first kappa shape index (κ1) is 20.2. The van der Waals surface area contributed by atoms with Gasteiger partial charge >= 0.3 is 0 Å². The number of benzene rings is 1. The molecule has 1 aromatic carbocycles. The van der Waals surface area contributed by atoms with Crippen molar-refractivity contribution in [2.45, 2.75) is 12.1 Å². The van der Waals surface area contributed by atoms with Gasteiger partial charge in [-0.05, 0) is 42.6 Å². The SMILES string of the molecule is CCOc1ccc(OCCNC(=O)CSc2nc3sccc3c(=O)n2C)cc1. The Balaban J connectivity index is 1.42. The lowest BCUT2D eigenvalue weighted by atomic mass is 10.3. The summed E-state index contributed by atoms with van der Waals surface area (Å²) < 4.78 is 12.4. The molecule has 9 heteroatoms. The van der Waals surface area contributed by atoms with Crippen LogP contribution in [0.15, 0.2) is 45.7 Å². The lowest BCUT2D eigenvalue weighted by molar-refractivity contribution is -0.118. The van der Waals surface area contributed by atoms with E-state index in [0.29, 0.717) is 35.1 Å². The molecule has 0 unspecified atom stereocenters. The van der Waals surface area contributed by atoms with Crippen LogP contribution in [-0.2, 0) is 11.8 Å². The van der Waals surface area contributed by atoms with Crippen molar-refractivity contribution < 1.29 is 14.3 Å². The Kier molecular flexibility index (Phi) is 6.94. The number of ether oxygens (including phenoxy) is 2. The van der Waals surface area contributed by atoms with Crippen molar-refractivity contribution in [2.75, 3.05) is 25.5 Å². The van der Waals surface area contributed by atoms with Crippen LogP contribution in [0.4, 0.5) is 0 Å². The van der Waals surface area contributed by atoms with E-state index in [1.807, 2.05) is 36.6 Å². The highest BCUT2D eigenvalue weighted by atomic mass is 32.2. The summed E-state index contributed by atoms with van der Waals surface area (Å²) >= 11 is 2.65. The summed E-state index contributed by atoms with van der Waals surface area (Å²) in [6, 6.07) is 9.11. The third kappa shape index (κ3) is 5.05. The van der Waals surface area contributed by atoms with Gasteiger partial charge in [-0.25, -0.2) is 4.98 Å². The minimum atomic E-state index is -0.138. The summed E-state index contributed by atoms with van der Waals surface area (Å²) in [4.78, 5) is 29.4. The molecule has 7 nitrogen and oxygen atoms in total. The van der Waals surface area contributed by atoms with Crippen LogP contribution < -0.4 is 20.3 Å². The Morgan fingerprint density at radius 1 is 1.21 bits per heavy atom. The second-order valence-corrected chi connectivity index (χ2v) is 7.63. The second kappa shape index (κ2) is 9.61. The number of hydrogen-bond acceptors (Lipinski definition) is 7. The lowest BCUT2D eigenvalue weighted by Gasteiger charge is -2.09. The first-order valence-electron chi connectivity index (χ1n) is 8.78. The molecule has 1 N–H and O–H groups in total. The fourth-order valence-electron chi connectivity index (χ4n) is 2.45. The van der Waals surface area contributed by atoms with E-state index in [0.717, 1.165) is 11.5 Å². The van der Waals surface area contributed by atoms with Crippen LogP contribution >= 0.6 is 23.1 Å². The summed E-state index contributed by atoms with van der Waals surface area (Å²) in [6.07, 6.45) is 0. The summed E-state index contributed by atoms with van der Waals surface area (Å²) in [7, 11) is 1.66. The number of rotatable bonds is 9. The summed E-state index contributed by atoms with van der Waals surface area (Å²) in [5.41, 5.74) is -0.0992. The van der Waals surface area contributed by atoms with Gasteiger partial charge < -0.3 is 14.8 Å². The molecule has 1 amide bonds. The largest absolute Gasteiger partial charge is 0.494 e. The van der Waals surface area contributed by atoms with Crippen molar-refractivity contribution in [3.8, 4) is 11.5 Å². The van der Waals surface area contributed by atoms with Crippen molar-refractivity contribution in [3.63, 3.8) is 0 Å². The van der Waals surface area contributed by atoms with Crippen molar-refractivity contribution in [3.05, 3.63) is 46.1 Å². The zero-order valence-electron chi connectivity index (χ0n) is 15.6. The molecule has 2 aromatic heterocycles. The van der Waals surface area contributed by atoms with E-state index in [-0.39, 0.29) is 17.2 Å². The van der Waals surface area contributed by atoms with Crippen LogP contribution in [0.1, 0.15) is 6.92 Å². The van der Waals surface area contributed by atoms with Crippen LogP contribution in [0.2, 0.25) is 0 Å². The van der Waals surface area contributed by atoms with E-state index in [1.54, 1.807) is 13.1 Å². The molecule has 28 heavy (non-hydrogen) atoms. The molecular weight excluding hydrogens is 398 g/mol. The number of hydrogen-bond donors (Lipinski definition) is 1. The van der Waals surface area contributed by atoms with Gasteiger partial charge in [0.25, 0.3) is 5.56 Å². The molecule has 0 fully saturated rings. The van der Waals surface area contributed by atoms with Crippen molar-refractivity contribution in [1.29, 1.82) is 0 Å².